The molecule has 1 fully saturated rings. The zero-order valence-electron chi connectivity index (χ0n) is 9.13. The van der Waals surface area contributed by atoms with Gasteiger partial charge in [0.15, 0.2) is 0 Å². The highest BCUT2D eigenvalue weighted by molar-refractivity contribution is 14.1. The van der Waals surface area contributed by atoms with Crippen molar-refractivity contribution in [2.75, 3.05) is 18.5 Å². The molecule has 16 heavy (non-hydrogen) atoms. The molecule has 1 aliphatic rings. The number of hydrogen-bond acceptors (Lipinski definition) is 2. The highest BCUT2D eigenvalue weighted by Crippen LogP contribution is 2.19. The summed E-state index contributed by atoms with van der Waals surface area (Å²) in [6.45, 7) is 3.29. The van der Waals surface area contributed by atoms with Crippen LogP contribution >= 0.6 is 22.6 Å². The number of anilines is 1. The van der Waals surface area contributed by atoms with Gasteiger partial charge in [0, 0.05) is 15.9 Å². The van der Waals surface area contributed by atoms with Crippen LogP contribution in [0.25, 0.3) is 0 Å². The second kappa shape index (κ2) is 5.14. The third-order valence-corrected chi connectivity index (χ3v) is 3.94. The van der Waals surface area contributed by atoms with Crippen molar-refractivity contribution in [2.45, 2.75) is 13.3 Å². The molecule has 1 amide bonds. The molecule has 1 heterocycles. The normalized spacial score (nSPS) is 19.8. The SMILES string of the molecule is Cc1cc(NC(=O)C2CCOC2)ccc1I. The van der Waals surface area contributed by atoms with Crippen molar-refractivity contribution in [1.29, 1.82) is 0 Å². The lowest BCUT2D eigenvalue weighted by molar-refractivity contribution is -0.119. The molecule has 0 bridgehead atoms. The molecule has 3 nitrogen and oxygen atoms in total. The molecule has 0 aromatic heterocycles. The van der Waals surface area contributed by atoms with E-state index < -0.39 is 0 Å². The summed E-state index contributed by atoms with van der Waals surface area (Å²) in [5.74, 6) is 0.0812. The first kappa shape index (κ1) is 11.9. The average Bonchev–Trinajstić information content (AvgIpc) is 2.77. The Morgan fingerprint density at radius 2 is 2.38 bits per heavy atom. The Labute approximate surface area is 109 Å². The summed E-state index contributed by atoms with van der Waals surface area (Å²) < 4.78 is 6.40. The fraction of sp³-hybridized carbons (Fsp3) is 0.417. The van der Waals surface area contributed by atoms with E-state index in [4.69, 9.17) is 4.74 Å². The van der Waals surface area contributed by atoms with Crippen LogP contribution in [0.3, 0.4) is 0 Å². The maximum Gasteiger partial charge on any atom is 0.229 e. The minimum atomic E-state index is 0.0135. The van der Waals surface area contributed by atoms with Crippen molar-refractivity contribution in [2.24, 2.45) is 5.92 Å². The zero-order valence-corrected chi connectivity index (χ0v) is 11.3. The van der Waals surface area contributed by atoms with Gasteiger partial charge in [-0.25, -0.2) is 0 Å². The number of aryl methyl sites for hydroxylation is 1. The second-order valence-electron chi connectivity index (χ2n) is 4.01. The summed E-state index contributed by atoms with van der Waals surface area (Å²) >= 11 is 2.28. The molecule has 1 N–H and O–H groups in total. The lowest BCUT2D eigenvalue weighted by Crippen LogP contribution is -2.22. The molecule has 2 rings (SSSR count). The lowest BCUT2D eigenvalue weighted by atomic mass is 10.1. The van der Waals surface area contributed by atoms with E-state index in [0.717, 1.165) is 12.1 Å². The predicted octanol–water partition coefficient (Wildman–Crippen LogP) is 2.57. The Morgan fingerprint density at radius 1 is 1.56 bits per heavy atom. The van der Waals surface area contributed by atoms with E-state index in [1.165, 1.54) is 9.13 Å². The maximum atomic E-state index is 11.8. The van der Waals surface area contributed by atoms with Crippen LogP contribution in [0.5, 0.6) is 0 Å². The van der Waals surface area contributed by atoms with Gasteiger partial charge in [0.25, 0.3) is 0 Å². The quantitative estimate of drug-likeness (QED) is 0.846. The number of halogens is 1. The number of amides is 1. The summed E-state index contributed by atoms with van der Waals surface area (Å²) in [6, 6.07) is 5.94. The van der Waals surface area contributed by atoms with Gasteiger partial charge in [-0.15, -0.1) is 0 Å². The van der Waals surface area contributed by atoms with Crippen molar-refractivity contribution in [3.05, 3.63) is 27.3 Å². The van der Waals surface area contributed by atoms with Crippen molar-refractivity contribution < 1.29 is 9.53 Å². The van der Waals surface area contributed by atoms with Gasteiger partial charge in [-0.3, -0.25) is 4.79 Å². The van der Waals surface area contributed by atoms with Gasteiger partial charge in [-0.2, -0.15) is 0 Å². The van der Waals surface area contributed by atoms with Crippen LogP contribution in [0, 0.1) is 16.4 Å². The molecule has 1 unspecified atom stereocenters. The van der Waals surface area contributed by atoms with Crippen molar-refractivity contribution >= 4 is 34.2 Å². The van der Waals surface area contributed by atoms with Crippen LogP contribution < -0.4 is 5.32 Å². The van der Waals surface area contributed by atoms with Crippen molar-refractivity contribution in [3.63, 3.8) is 0 Å². The first-order valence-corrected chi connectivity index (χ1v) is 6.39. The van der Waals surface area contributed by atoms with Gasteiger partial charge >= 0.3 is 0 Å². The first-order valence-electron chi connectivity index (χ1n) is 5.31. The molecule has 0 spiro atoms. The molecule has 1 atom stereocenters. The minimum absolute atomic E-state index is 0.0135. The van der Waals surface area contributed by atoms with E-state index in [0.29, 0.717) is 13.2 Å². The third-order valence-electron chi connectivity index (χ3n) is 2.73. The summed E-state index contributed by atoms with van der Waals surface area (Å²) in [5.41, 5.74) is 2.05. The van der Waals surface area contributed by atoms with Gasteiger partial charge in [-0.1, -0.05) is 0 Å². The molecular weight excluding hydrogens is 317 g/mol. The Balaban J connectivity index is 2.02. The molecule has 0 aliphatic carbocycles. The summed E-state index contributed by atoms with van der Waals surface area (Å²) in [7, 11) is 0. The van der Waals surface area contributed by atoms with Crippen molar-refractivity contribution in [3.8, 4) is 0 Å². The molecule has 4 heteroatoms. The van der Waals surface area contributed by atoms with Crippen LogP contribution in [-0.4, -0.2) is 19.1 Å². The van der Waals surface area contributed by atoms with Crippen LogP contribution in [0.15, 0.2) is 18.2 Å². The molecule has 86 valence electrons. The van der Waals surface area contributed by atoms with Gasteiger partial charge in [0.05, 0.1) is 12.5 Å². The summed E-state index contributed by atoms with van der Waals surface area (Å²) in [4.78, 5) is 11.8. The minimum Gasteiger partial charge on any atom is -0.381 e. The second-order valence-corrected chi connectivity index (χ2v) is 5.18. The molecule has 1 saturated heterocycles. The fourth-order valence-corrected chi connectivity index (χ4v) is 2.04. The number of carbonyl (C=O) groups excluding carboxylic acids is 1. The third kappa shape index (κ3) is 2.74. The molecule has 0 radical (unpaired) electrons. The van der Waals surface area contributed by atoms with E-state index in [-0.39, 0.29) is 11.8 Å². The zero-order chi connectivity index (χ0) is 11.5. The standard InChI is InChI=1S/C12H14INO2/c1-8-6-10(2-3-11(8)13)14-12(15)9-4-5-16-7-9/h2-3,6,9H,4-5,7H2,1H3,(H,14,15). The Morgan fingerprint density at radius 3 is 3.00 bits per heavy atom. The van der Waals surface area contributed by atoms with E-state index >= 15 is 0 Å². The van der Waals surface area contributed by atoms with E-state index in [1.807, 2.05) is 25.1 Å². The van der Waals surface area contributed by atoms with Gasteiger partial charge in [0.2, 0.25) is 5.91 Å². The monoisotopic (exact) mass is 331 g/mol. The molecule has 1 aromatic rings. The van der Waals surface area contributed by atoms with Crippen LogP contribution in [0.2, 0.25) is 0 Å². The van der Waals surface area contributed by atoms with Gasteiger partial charge < -0.3 is 10.1 Å². The smallest absolute Gasteiger partial charge is 0.229 e. The highest BCUT2D eigenvalue weighted by Gasteiger charge is 2.23. The largest absolute Gasteiger partial charge is 0.381 e. The number of ether oxygens (including phenoxy) is 1. The highest BCUT2D eigenvalue weighted by atomic mass is 127. The molecular formula is C12H14INO2. The molecule has 1 aromatic carbocycles. The van der Waals surface area contributed by atoms with Crippen molar-refractivity contribution in [1.82, 2.24) is 0 Å². The lowest BCUT2D eigenvalue weighted by Gasteiger charge is -2.10. The Bertz CT molecular complexity index is 400. The van der Waals surface area contributed by atoms with Crippen LogP contribution in [0.1, 0.15) is 12.0 Å². The number of carbonyl (C=O) groups is 1. The topological polar surface area (TPSA) is 38.3 Å². The number of rotatable bonds is 2. The Hall–Kier alpha value is -0.620. The molecule has 0 saturated carbocycles. The van der Waals surface area contributed by atoms with Gasteiger partial charge in [-0.05, 0) is 59.7 Å². The average molecular weight is 331 g/mol. The Kier molecular flexibility index (Phi) is 3.81. The van der Waals surface area contributed by atoms with E-state index in [2.05, 4.69) is 27.9 Å². The number of benzene rings is 1. The molecule has 1 aliphatic heterocycles. The summed E-state index contributed by atoms with van der Waals surface area (Å²) in [6.07, 6.45) is 0.829. The maximum absolute atomic E-state index is 11.8. The number of nitrogens with one attached hydrogen (secondary N) is 1. The van der Waals surface area contributed by atoms with E-state index in [1.54, 1.807) is 0 Å². The van der Waals surface area contributed by atoms with E-state index in [9.17, 15) is 4.79 Å². The van der Waals surface area contributed by atoms with Crippen LogP contribution in [0.4, 0.5) is 5.69 Å². The first-order chi connectivity index (χ1) is 7.66. The van der Waals surface area contributed by atoms with Crippen LogP contribution in [-0.2, 0) is 9.53 Å². The predicted molar refractivity (Wildman–Crippen MR) is 71.5 cm³/mol. The van der Waals surface area contributed by atoms with Gasteiger partial charge in [0.1, 0.15) is 0 Å². The summed E-state index contributed by atoms with van der Waals surface area (Å²) in [5, 5.41) is 2.93. The number of hydrogen-bond donors (Lipinski definition) is 1. The fourth-order valence-electron chi connectivity index (χ4n) is 1.71.